The molecule has 26 heavy (non-hydrogen) atoms. The number of nitrogens with one attached hydrogen (secondary N) is 2. The van der Waals surface area contributed by atoms with Gasteiger partial charge in [-0.05, 0) is 43.5 Å². The van der Waals surface area contributed by atoms with Crippen LogP contribution in [-0.2, 0) is 0 Å². The third-order valence-corrected chi connectivity index (χ3v) is 4.10. The standard InChI is InChI=1S/C20H24N4O2/c1-14(13-25)22-19-18(15-8-10-17(26-2)11-9-15)12-21-20(24-19)23-16-6-4-3-5-7-16/h4,6-12,14,25H,3,5,13H2,1-2H3,(H2,21,22,23,24)/t14-/m1/s1. The maximum absolute atomic E-state index is 9.40. The number of rotatable bonds is 7. The molecule has 3 N–H and O–H groups in total. The quantitative estimate of drug-likeness (QED) is 0.707. The molecule has 1 aliphatic carbocycles. The Morgan fingerprint density at radius 1 is 1.23 bits per heavy atom. The lowest BCUT2D eigenvalue weighted by molar-refractivity contribution is 0.281. The van der Waals surface area contributed by atoms with Gasteiger partial charge in [0.2, 0.25) is 5.95 Å². The third kappa shape index (κ3) is 4.40. The summed E-state index contributed by atoms with van der Waals surface area (Å²) in [5, 5.41) is 15.9. The van der Waals surface area contributed by atoms with E-state index in [2.05, 4.69) is 32.8 Å². The second kappa shape index (κ2) is 8.49. The molecule has 1 atom stereocenters. The van der Waals surface area contributed by atoms with Gasteiger partial charge in [0.1, 0.15) is 11.6 Å². The summed E-state index contributed by atoms with van der Waals surface area (Å²) in [6.07, 6.45) is 10.1. The van der Waals surface area contributed by atoms with Crippen LogP contribution in [0, 0.1) is 0 Å². The van der Waals surface area contributed by atoms with E-state index in [9.17, 15) is 5.11 Å². The zero-order valence-corrected chi connectivity index (χ0v) is 15.1. The van der Waals surface area contributed by atoms with Crippen LogP contribution in [0.3, 0.4) is 0 Å². The van der Waals surface area contributed by atoms with Crippen molar-refractivity contribution in [3.63, 3.8) is 0 Å². The summed E-state index contributed by atoms with van der Waals surface area (Å²) in [4.78, 5) is 9.08. The van der Waals surface area contributed by atoms with Crippen molar-refractivity contribution in [2.45, 2.75) is 25.8 Å². The van der Waals surface area contributed by atoms with Gasteiger partial charge in [0.25, 0.3) is 0 Å². The summed E-state index contributed by atoms with van der Waals surface area (Å²) >= 11 is 0. The summed E-state index contributed by atoms with van der Waals surface area (Å²) < 4.78 is 5.22. The normalized spacial score (nSPS) is 14.5. The van der Waals surface area contributed by atoms with E-state index in [4.69, 9.17) is 4.74 Å². The molecule has 0 aliphatic heterocycles. The monoisotopic (exact) mass is 352 g/mol. The van der Waals surface area contributed by atoms with Gasteiger partial charge in [0, 0.05) is 23.5 Å². The molecule has 0 saturated heterocycles. The van der Waals surface area contributed by atoms with Crippen molar-refractivity contribution in [2.75, 3.05) is 24.4 Å². The first kappa shape index (κ1) is 17.9. The van der Waals surface area contributed by atoms with Gasteiger partial charge in [0.05, 0.1) is 13.7 Å². The predicted octanol–water partition coefficient (Wildman–Crippen LogP) is 3.59. The Bertz CT molecular complexity index is 800. The molecule has 6 nitrogen and oxygen atoms in total. The lowest BCUT2D eigenvalue weighted by atomic mass is 10.1. The van der Waals surface area contributed by atoms with Crippen molar-refractivity contribution in [1.82, 2.24) is 9.97 Å². The van der Waals surface area contributed by atoms with E-state index >= 15 is 0 Å². The Hall–Kier alpha value is -2.86. The third-order valence-electron chi connectivity index (χ3n) is 4.10. The lowest BCUT2D eigenvalue weighted by Gasteiger charge is -2.17. The molecule has 0 amide bonds. The molecule has 0 radical (unpaired) electrons. The van der Waals surface area contributed by atoms with Crippen LogP contribution in [0.5, 0.6) is 5.75 Å². The summed E-state index contributed by atoms with van der Waals surface area (Å²) in [6.45, 7) is 1.92. The number of aromatic nitrogens is 2. The predicted molar refractivity (Wildman–Crippen MR) is 104 cm³/mol. The van der Waals surface area contributed by atoms with Crippen LogP contribution in [0.2, 0.25) is 0 Å². The van der Waals surface area contributed by atoms with Crippen LogP contribution in [0.4, 0.5) is 11.8 Å². The first-order valence-electron chi connectivity index (χ1n) is 8.72. The maximum atomic E-state index is 9.40. The van der Waals surface area contributed by atoms with Crippen LogP contribution in [0.15, 0.2) is 54.4 Å². The Kier molecular flexibility index (Phi) is 5.86. The molecule has 3 rings (SSSR count). The number of hydrogen-bond donors (Lipinski definition) is 3. The van der Waals surface area contributed by atoms with Crippen molar-refractivity contribution < 1.29 is 9.84 Å². The van der Waals surface area contributed by atoms with Crippen molar-refractivity contribution in [3.05, 3.63) is 54.4 Å². The van der Waals surface area contributed by atoms with E-state index in [1.54, 1.807) is 13.3 Å². The van der Waals surface area contributed by atoms with Gasteiger partial charge in [0.15, 0.2) is 0 Å². The number of anilines is 2. The van der Waals surface area contributed by atoms with E-state index in [-0.39, 0.29) is 12.6 Å². The average Bonchev–Trinajstić information content (AvgIpc) is 2.69. The highest BCUT2D eigenvalue weighted by Crippen LogP contribution is 2.29. The van der Waals surface area contributed by atoms with Gasteiger partial charge in [-0.25, -0.2) is 4.98 Å². The van der Waals surface area contributed by atoms with Gasteiger partial charge in [-0.2, -0.15) is 4.98 Å². The van der Waals surface area contributed by atoms with Crippen LogP contribution in [0.25, 0.3) is 11.1 Å². The van der Waals surface area contributed by atoms with E-state index in [0.29, 0.717) is 11.8 Å². The minimum Gasteiger partial charge on any atom is -0.497 e. The molecule has 0 saturated carbocycles. The molecule has 1 aromatic heterocycles. The number of ether oxygens (including phenoxy) is 1. The van der Waals surface area contributed by atoms with Gasteiger partial charge in [-0.15, -0.1) is 0 Å². The van der Waals surface area contributed by atoms with Crippen LogP contribution >= 0.6 is 0 Å². The molecule has 136 valence electrons. The Balaban J connectivity index is 1.91. The molecule has 6 heteroatoms. The zero-order valence-electron chi connectivity index (χ0n) is 15.1. The first-order chi connectivity index (χ1) is 12.7. The molecule has 0 fully saturated rings. The van der Waals surface area contributed by atoms with Gasteiger partial charge >= 0.3 is 0 Å². The number of aliphatic hydroxyl groups excluding tert-OH is 1. The van der Waals surface area contributed by atoms with Gasteiger partial charge < -0.3 is 20.5 Å². The SMILES string of the molecule is COc1ccc(-c2cnc(NC3=CCCC=C3)nc2N[C@H](C)CO)cc1. The molecule has 2 aromatic rings. The van der Waals surface area contributed by atoms with E-state index < -0.39 is 0 Å². The second-order valence-corrected chi connectivity index (χ2v) is 6.18. The van der Waals surface area contributed by atoms with Crippen molar-refractivity contribution in [2.24, 2.45) is 0 Å². The molecule has 0 spiro atoms. The van der Waals surface area contributed by atoms with Crippen molar-refractivity contribution >= 4 is 11.8 Å². The Morgan fingerprint density at radius 2 is 2.04 bits per heavy atom. The van der Waals surface area contributed by atoms with Crippen molar-refractivity contribution in [1.29, 1.82) is 0 Å². The molecule has 1 heterocycles. The second-order valence-electron chi connectivity index (χ2n) is 6.18. The minimum atomic E-state index is -0.122. The van der Waals surface area contributed by atoms with Crippen LogP contribution in [-0.4, -0.2) is 34.8 Å². The highest BCUT2D eigenvalue weighted by Gasteiger charge is 2.12. The lowest BCUT2D eigenvalue weighted by Crippen LogP contribution is -2.21. The number of nitrogens with zero attached hydrogens (tertiary/aromatic N) is 2. The number of hydrogen-bond acceptors (Lipinski definition) is 6. The summed E-state index contributed by atoms with van der Waals surface area (Å²) in [5.41, 5.74) is 2.84. The highest BCUT2D eigenvalue weighted by atomic mass is 16.5. The maximum Gasteiger partial charge on any atom is 0.229 e. The van der Waals surface area contributed by atoms with Gasteiger partial charge in [-0.3, -0.25) is 0 Å². The van der Waals surface area contributed by atoms with E-state index in [0.717, 1.165) is 35.4 Å². The topological polar surface area (TPSA) is 79.3 Å². The summed E-state index contributed by atoms with van der Waals surface area (Å²) in [7, 11) is 1.64. The summed E-state index contributed by atoms with van der Waals surface area (Å²) in [5.74, 6) is 1.99. The molecular formula is C20H24N4O2. The zero-order chi connectivity index (χ0) is 18.4. The fourth-order valence-corrected chi connectivity index (χ4v) is 2.65. The fraction of sp³-hybridized carbons (Fsp3) is 0.300. The smallest absolute Gasteiger partial charge is 0.229 e. The molecule has 0 bridgehead atoms. The Morgan fingerprint density at radius 3 is 2.69 bits per heavy atom. The number of benzene rings is 1. The molecular weight excluding hydrogens is 328 g/mol. The van der Waals surface area contributed by atoms with Crippen LogP contribution in [0.1, 0.15) is 19.8 Å². The highest BCUT2D eigenvalue weighted by molar-refractivity contribution is 5.76. The largest absolute Gasteiger partial charge is 0.497 e. The van der Waals surface area contributed by atoms with E-state index in [1.165, 1.54) is 0 Å². The van der Waals surface area contributed by atoms with Crippen LogP contribution < -0.4 is 15.4 Å². The molecule has 1 aromatic carbocycles. The first-order valence-corrected chi connectivity index (χ1v) is 8.72. The number of methoxy groups -OCH3 is 1. The minimum absolute atomic E-state index is 0.0166. The molecule has 1 aliphatic rings. The average molecular weight is 352 g/mol. The number of aliphatic hydroxyl groups is 1. The van der Waals surface area contributed by atoms with E-state index in [1.807, 2.05) is 37.3 Å². The fourth-order valence-electron chi connectivity index (χ4n) is 2.65. The van der Waals surface area contributed by atoms with Crippen molar-refractivity contribution in [3.8, 4) is 16.9 Å². The van der Waals surface area contributed by atoms with Gasteiger partial charge in [-0.1, -0.05) is 24.3 Å². The summed E-state index contributed by atoms with van der Waals surface area (Å²) in [6, 6.07) is 7.61. The molecule has 0 unspecified atom stereocenters. The Labute approximate surface area is 153 Å². The number of allylic oxidation sites excluding steroid dienone is 3.